The van der Waals surface area contributed by atoms with Crippen molar-refractivity contribution in [2.45, 2.75) is 51.0 Å². The Morgan fingerprint density at radius 2 is 1.89 bits per heavy atom. The molecule has 0 aliphatic heterocycles. The molecule has 1 aromatic carbocycles. The van der Waals surface area contributed by atoms with E-state index in [0.717, 1.165) is 31.2 Å². The molecule has 0 atom stereocenters. The Balaban J connectivity index is 2.83. The highest BCUT2D eigenvalue weighted by Crippen LogP contribution is 2.17. The summed E-state index contributed by atoms with van der Waals surface area (Å²) in [6, 6.07) is 4.92. The maximum Gasteiger partial charge on any atom is 0.240 e. The van der Waals surface area contributed by atoms with Gasteiger partial charge < -0.3 is 5.11 Å². The van der Waals surface area contributed by atoms with Crippen LogP contribution >= 0.6 is 0 Å². The second-order valence-corrected chi connectivity index (χ2v) is 6.31. The van der Waals surface area contributed by atoms with E-state index in [1.807, 2.05) is 6.92 Å². The first kappa shape index (κ1) is 16.1. The van der Waals surface area contributed by atoms with Crippen LogP contribution < -0.4 is 4.72 Å². The normalized spacial score (nSPS) is 11.7. The minimum absolute atomic E-state index is 0.137. The van der Waals surface area contributed by atoms with Crippen LogP contribution in [0.15, 0.2) is 23.1 Å². The number of aryl methyl sites for hydroxylation is 1. The fourth-order valence-electron chi connectivity index (χ4n) is 1.93. The van der Waals surface area contributed by atoms with Gasteiger partial charge in [-0.2, -0.15) is 0 Å². The number of unbranched alkanes of at least 4 members (excludes halogenated alkanes) is 2. The van der Waals surface area contributed by atoms with E-state index in [0.29, 0.717) is 12.1 Å². The van der Waals surface area contributed by atoms with Crippen molar-refractivity contribution in [1.82, 2.24) is 4.72 Å². The van der Waals surface area contributed by atoms with E-state index in [2.05, 4.69) is 11.6 Å². The van der Waals surface area contributed by atoms with Crippen molar-refractivity contribution in [3.8, 4) is 0 Å². The van der Waals surface area contributed by atoms with Crippen LogP contribution in [0.25, 0.3) is 0 Å². The monoisotopic (exact) mass is 285 g/mol. The highest BCUT2D eigenvalue weighted by molar-refractivity contribution is 7.89. The van der Waals surface area contributed by atoms with Gasteiger partial charge in [-0.25, -0.2) is 13.1 Å². The summed E-state index contributed by atoms with van der Waals surface area (Å²) < 4.78 is 26.7. The first-order chi connectivity index (χ1) is 9.05. The molecular weight excluding hydrogens is 262 g/mol. The molecular formula is C14H23NO3S. The summed E-state index contributed by atoms with van der Waals surface area (Å²) in [6.45, 7) is 4.37. The van der Waals surface area contributed by atoms with Crippen molar-refractivity contribution < 1.29 is 13.5 Å². The van der Waals surface area contributed by atoms with Gasteiger partial charge in [0.1, 0.15) is 0 Å². The van der Waals surface area contributed by atoms with Crippen LogP contribution in [0.2, 0.25) is 0 Å². The summed E-state index contributed by atoms with van der Waals surface area (Å²) in [4.78, 5) is 0.227. The average molecular weight is 285 g/mol. The van der Waals surface area contributed by atoms with Crippen LogP contribution in [0.3, 0.4) is 0 Å². The molecule has 2 N–H and O–H groups in total. The van der Waals surface area contributed by atoms with Gasteiger partial charge in [0.25, 0.3) is 0 Å². The van der Waals surface area contributed by atoms with E-state index in [4.69, 9.17) is 0 Å². The summed E-state index contributed by atoms with van der Waals surface area (Å²) in [5, 5.41) is 9.27. The van der Waals surface area contributed by atoms with E-state index in [1.54, 1.807) is 18.2 Å². The smallest absolute Gasteiger partial charge is 0.240 e. The lowest BCUT2D eigenvalue weighted by atomic mass is 10.1. The summed E-state index contributed by atoms with van der Waals surface area (Å²) in [6.07, 6.45) is 3.69. The highest BCUT2D eigenvalue weighted by atomic mass is 32.2. The van der Waals surface area contributed by atoms with Crippen LogP contribution in [0.5, 0.6) is 0 Å². The van der Waals surface area contributed by atoms with Gasteiger partial charge in [0.15, 0.2) is 0 Å². The van der Waals surface area contributed by atoms with Crippen LogP contribution in [-0.4, -0.2) is 20.1 Å². The zero-order valence-electron chi connectivity index (χ0n) is 11.6. The van der Waals surface area contributed by atoms with Crippen molar-refractivity contribution >= 4 is 10.0 Å². The number of rotatable bonds is 8. The molecule has 5 heteroatoms. The number of nitrogens with one attached hydrogen (secondary N) is 1. The Labute approximate surface area is 115 Å². The van der Waals surface area contributed by atoms with E-state index in [9.17, 15) is 13.5 Å². The fourth-order valence-corrected chi connectivity index (χ4v) is 3.05. The highest BCUT2D eigenvalue weighted by Gasteiger charge is 2.14. The van der Waals surface area contributed by atoms with Gasteiger partial charge in [-0.15, -0.1) is 0 Å². The standard InChI is InChI=1S/C14H23NO3S/c1-3-5-6-9-15-19(17,18)14-8-7-12(4-2)13(10-14)11-16/h7-8,10,15-16H,3-6,9,11H2,1-2H3. The number of sulfonamides is 1. The van der Waals surface area contributed by atoms with Gasteiger partial charge in [0.2, 0.25) is 10.0 Å². The van der Waals surface area contributed by atoms with Gasteiger partial charge in [0.05, 0.1) is 11.5 Å². The molecule has 0 aliphatic rings. The van der Waals surface area contributed by atoms with Crippen molar-refractivity contribution in [3.05, 3.63) is 29.3 Å². The predicted octanol–water partition coefficient (Wildman–Crippen LogP) is 2.21. The zero-order valence-corrected chi connectivity index (χ0v) is 12.5. The first-order valence-corrected chi connectivity index (χ1v) is 8.25. The topological polar surface area (TPSA) is 66.4 Å². The molecule has 108 valence electrons. The second kappa shape index (κ2) is 7.62. The van der Waals surface area contributed by atoms with Gasteiger partial charge >= 0.3 is 0 Å². The zero-order chi connectivity index (χ0) is 14.3. The summed E-state index contributed by atoms with van der Waals surface area (Å²) >= 11 is 0. The third-order valence-corrected chi connectivity index (χ3v) is 4.57. The summed E-state index contributed by atoms with van der Waals surface area (Å²) in [5.74, 6) is 0. The number of hydrogen-bond acceptors (Lipinski definition) is 3. The number of aliphatic hydroxyl groups excluding tert-OH is 1. The van der Waals surface area contributed by atoms with E-state index in [1.165, 1.54) is 0 Å². The maximum absolute atomic E-state index is 12.1. The molecule has 0 amide bonds. The van der Waals surface area contributed by atoms with Crippen LogP contribution in [-0.2, 0) is 23.1 Å². The number of aliphatic hydroxyl groups is 1. The van der Waals surface area contributed by atoms with Crippen LogP contribution in [0.4, 0.5) is 0 Å². The average Bonchev–Trinajstić information content (AvgIpc) is 2.42. The number of hydrogen-bond donors (Lipinski definition) is 2. The number of benzene rings is 1. The quantitative estimate of drug-likeness (QED) is 0.720. The molecule has 4 nitrogen and oxygen atoms in total. The Morgan fingerprint density at radius 3 is 2.47 bits per heavy atom. The molecule has 1 aromatic rings. The molecule has 0 saturated heterocycles. The Morgan fingerprint density at radius 1 is 1.16 bits per heavy atom. The molecule has 0 aromatic heterocycles. The Hall–Kier alpha value is -0.910. The molecule has 0 spiro atoms. The largest absolute Gasteiger partial charge is 0.392 e. The van der Waals surface area contributed by atoms with Gasteiger partial charge in [-0.05, 0) is 36.1 Å². The molecule has 0 saturated carbocycles. The molecule has 0 aliphatic carbocycles. The van der Waals surface area contributed by atoms with Crippen LogP contribution in [0, 0.1) is 0 Å². The maximum atomic E-state index is 12.1. The van der Waals surface area contributed by atoms with E-state index < -0.39 is 10.0 Å². The third kappa shape index (κ3) is 4.60. The second-order valence-electron chi connectivity index (χ2n) is 4.55. The minimum Gasteiger partial charge on any atom is -0.392 e. The lowest BCUT2D eigenvalue weighted by molar-refractivity contribution is 0.280. The molecule has 19 heavy (non-hydrogen) atoms. The molecule has 0 heterocycles. The fraction of sp³-hybridized carbons (Fsp3) is 0.571. The van der Waals surface area contributed by atoms with E-state index in [-0.39, 0.29) is 11.5 Å². The lowest BCUT2D eigenvalue weighted by Gasteiger charge is -2.10. The Kier molecular flexibility index (Phi) is 6.48. The minimum atomic E-state index is -3.46. The predicted molar refractivity (Wildman–Crippen MR) is 76.5 cm³/mol. The summed E-state index contributed by atoms with van der Waals surface area (Å²) in [5.41, 5.74) is 1.66. The molecule has 0 fully saturated rings. The van der Waals surface area contributed by atoms with E-state index >= 15 is 0 Å². The van der Waals surface area contributed by atoms with Gasteiger partial charge in [0, 0.05) is 6.54 Å². The lowest BCUT2D eigenvalue weighted by Crippen LogP contribution is -2.25. The van der Waals surface area contributed by atoms with Crippen molar-refractivity contribution in [3.63, 3.8) is 0 Å². The molecule has 0 radical (unpaired) electrons. The molecule has 0 bridgehead atoms. The molecule has 0 unspecified atom stereocenters. The first-order valence-electron chi connectivity index (χ1n) is 6.77. The van der Waals surface area contributed by atoms with Crippen molar-refractivity contribution in [2.75, 3.05) is 6.54 Å². The van der Waals surface area contributed by atoms with Crippen molar-refractivity contribution in [2.24, 2.45) is 0 Å². The van der Waals surface area contributed by atoms with Crippen LogP contribution in [0.1, 0.15) is 44.2 Å². The van der Waals surface area contributed by atoms with Crippen molar-refractivity contribution in [1.29, 1.82) is 0 Å². The summed E-state index contributed by atoms with van der Waals surface area (Å²) in [7, 11) is -3.46. The van der Waals surface area contributed by atoms with Gasteiger partial charge in [-0.3, -0.25) is 0 Å². The molecule has 1 rings (SSSR count). The SMILES string of the molecule is CCCCCNS(=O)(=O)c1ccc(CC)c(CO)c1. The van der Waals surface area contributed by atoms with Gasteiger partial charge in [-0.1, -0.05) is 32.8 Å². The Bertz CT molecular complexity index is 497. The third-order valence-electron chi connectivity index (χ3n) is 3.11.